The van der Waals surface area contributed by atoms with Gasteiger partial charge in [0, 0.05) is 11.6 Å². The normalized spacial score (nSPS) is 22.7. The van der Waals surface area contributed by atoms with Gasteiger partial charge in [0.25, 0.3) is 0 Å². The molecule has 0 N–H and O–H groups in total. The summed E-state index contributed by atoms with van der Waals surface area (Å²) in [5.74, 6) is 1.46. The van der Waals surface area contributed by atoms with Crippen LogP contribution in [0.1, 0.15) is 48.6 Å². The number of benzene rings is 2. The first kappa shape index (κ1) is 12.2. The molecule has 5 rings (SSSR count). The number of hydrogen-bond acceptors (Lipinski definition) is 1. The maximum Gasteiger partial charge on any atom is 0.194 e. The number of fused-ring (bicyclic) bond motifs is 9. The van der Waals surface area contributed by atoms with Crippen molar-refractivity contribution < 1.29 is 0 Å². The number of aromatic nitrogens is 1. The molecule has 0 radical (unpaired) electrons. The van der Waals surface area contributed by atoms with Gasteiger partial charge in [0.2, 0.25) is 0 Å². The predicted molar refractivity (Wildman–Crippen MR) is 89.5 cm³/mol. The molecule has 2 bridgehead atoms. The second-order valence-electron chi connectivity index (χ2n) is 6.63. The Morgan fingerprint density at radius 3 is 2.77 bits per heavy atom. The molecule has 2 unspecified atom stereocenters. The van der Waals surface area contributed by atoms with Crippen LogP contribution >= 0.6 is 0 Å². The molecule has 2 aliphatic carbocycles. The highest BCUT2D eigenvalue weighted by Crippen LogP contribution is 2.52. The second-order valence-corrected chi connectivity index (χ2v) is 6.63. The SMILES string of the molecule is [C-]#[N+]c1cccc2c1ccc1c3c(cnc12)C1CCCC3C1. The Morgan fingerprint density at radius 2 is 1.86 bits per heavy atom. The lowest BCUT2D eigenvalue weighted by atomic mass is 9.86. The van der Waals surface area contributed by atoms with Crippen LogP contribution in [-0.2, 0) is 0 Å². The number of hydrogen-bond donors (Lipinski definition) is 0. The van der Waals surface area contributed by atoms with E-state index in [2.05, 4.69) is 29.2 Å². The number of rotatable bonds is 0. The Morgan fingerprint density at radius 1 is 1.00 bits per heavy atom. The molecular formula is C20H16N2. The zero-order valence-electron chi connectivity index (χ0n) is 12.3. The molecular weight excluding hydrogens is 268 g/mol. The smallest absolute Gasteiger partial charge is 0.194 e. The Balaban J connectivity index is 1.90. The summed E-state index contributed by atoms with van der Waals surface area (Å²) in [6.07, 6.45) is 7.43. The Hall–Kier alpha value is -2.40. The van der Waals surface area contributed by atoms with Gasteiger partial charge >= 0.3 is 0 Å². The molecule has 2 heteroatoms. The first-order valence-electron chi connectivity index (χ1n) is 8.08. The van der Waals surface area contributed by atoms with Crippen molar-refractivity contribution in [3.8, 4) is 0 Å². The van der Waals surface area contributed by atoms with Gasteiger partial charge in [-0.05, 0) is 53.0 Å². The Kier molecular flexibility index (Phi) is 2.38. The first-order chi connectivity index (χ1) is 10.9. The highest BCUT2D eigenvalue weighted by molar-refractivity contribution is 6.10. The molecule has 0 aliphatic heterocycles. The fourth-order valence-electron chi connectivity index (χ4n) is 4.65. The van der Waals surface area contributed by atoms with Crippen LogP contribution in [0.4, 0.5) is 5.69 Å². The first-order valence-corrected chi connectivity index (χ1v) is 8.08. The fraction of sp³-hybridized carbons (Fsp3) is 0.300. The van der Waals surface area contributed by atoms with Crippen molar-refractivity contribution >= 4 is 27.4 Å². The molecule has 1 aromatic heterocycles. The molecule has 1 fully saturated rings. The van der Waals surface area contributed by atoms with Crippen LogP contribution in [0.25, 0.3) is 26.5 Å². The average molecular weight is 284 g/mol. The van der Waals surface area contributed by atoms with Gasteiger partial charge in [0.05, 0.1) is 12.1 Å². The minimum atomic E-state index is 0.723. The molecule has 0 amide bonds. The topological polar surface area (TPSA) is 17.2 Å². The molecule has 3 aromatic rings. The molecule has 2 aliphatic rings. The zero-order valence-corrected chi connectivity index (χ0v) is 12.3. The van der Waals surface area contributed by atoms with Gasteiger partial charge in [-0.1, -0.05) is 36.8 Å². The zero-order chi connectivity index (χ0) is 14.7. The van der Waals surface area contributed by atoms with Crippen LogP contribution in [0.5, 0.6) is 0 Å². The highest BCUT2D eigenvalue weighted by Gasteiger charge is 2.35. The van der Waals surface area contributed by atoms with E-state index in [-0.39, 0.29) is 0 Å². The molecule has 2 atom stereocenters. The van der Waals surface area contributed by atoms with Crippen molar-refractivity contribution in [1.82, 2.24) is 4.98 Å². The fourth-order valence-corrected chi connectivity index (χ4v) is 4.65. The standard InChI is InChI=1S/C20H16N2/c1-21-18-7-3-6-15-14(18)8-9-16-19-13-5-2-4-12(10-13)17(19)11-22-20(15)16/h3,6-9,11-13H,2,4-5,10H2. The van der Waals surface area contributed by atoms with Gasteiger partial charge in [-0.3, -0.25) is 4.98 Å². The van der Waals surface area contributed by atoms with E-state index >= 15 is 0 Å². The summed E-state index contributed by atoms with van der Waals surface area (Å²) in [5.41, 5.74) is 4.85. The molecule has 0 spiro atoms. The van der Waals surface area contributed by atoms with Crippen molar-refractivity contribution in [2.75, 3.05) is 0 Å². The van der Waals surface area contributed by atoms with E-state index in [1.165, 1.54) is 36.6 Å². The van der Waals surface area contributed by atoms with E-state index in [0.29, 0.717) is 0 Å². The maximum atomic E-state index is 7.36. The van der Waals surface area contributed by atoms with E-state index < -0.39 is 0 Å². The van der Waals surface area contributed by atoms with E-state index in [0.717, 1.165) is 33.8 Å². The molecule has 0 saturated heterocycles. The van der Waals surface area contributed by atoms with Crippen molar-refractivity contribution in [1.29, 1.82) is 0 Å². The van der Waals surface area contributed by atoms with Gasteiger partial charge in [0.15, 0.2) is 5.69 Å². The van der Waals surface area contributed by atoms with Gasteiger partial charge in [-0.25, -0.2) is 4.85 Å². The summed E-state index contributed by atoms with van der Waals surface area (Å²) in [4.78, 5) is 8.47. The third-order valence-electron chi connectivity index (χ3n) is 5.59. The van der Waals surface area contributed by atoms with Gasteiger partial charge in [-0.2, -0.15) is 0 Å². The monoisotopic (exact) mass is 284 g/mol. The summed E-state index contributed by atoms with van der Waals surface area (Å²) in [7, 11) is 0. The van der Waals surface area contributed by atoms with E-state index in [1.807, 2.05) is 12.1 Å². The van der Waals surface area contributed by atoms with Crippen molar-refractivity contribution in [2.24, 2.45) is 0 Å². The molecule has 1 heterocycles. The van der Waals surface area contributed by atoms with Crippen molar-refractivity contribution in [3.05, 3.63) is 59.1 Å². The van der Waals surface area contributed by atoms with Crippen molar-refractivity contribution in [3.63, 3.8) is 0 Å². The van der Waals surface area contributed by atoms with Crippen molar-refractivity contribution in [2.45, 2.75) is 37.5 Å². The minimum absolute atomic E-state index is 0.723. The number of pyridine rings is 1. The third-order valence-corrected chi connectivity index (χ3v) is 5.59. The van der Waals surface area contributed by atoms with Crippen LogP contribution in [0.2, 0.25) is 0 Å². The lowest BCUT2D eigenvalue weighted by Crippen LogP contribution is -2.01. The maximum absolute atomic E-state index is 7.36. The number of nitrogens with zero attached hydrogens (tertiary/aromatic N) is 2. The molecule has 2 nitrogen and oxygen atoms in total. The lowest BCUT2D eigenvalue weighted by Gasteiger charge is -2.18. The minimum Gasteiger partial charge on any atom is -0.255 e. The van der Waals surface area contributed by atoms with Crippen LogP contribution in [-0.4, -0.2) is 4.98 Å². The Bertz CT molecular complexity index is 965. The molecule has 106 valence electrons. The van der Waals surface area contributed by atoms with E-state index in [4.69, 9.17) is 11.6 Å². The quantitative estimate of drug-likeness (QED) is 0.382. The van der Waals surface area contributed by atoms with Crippen LogP contribution in [0, 0.1) is 6.57 Å². The summed E-state index contributed by atoms with van der Waals surface area (Å²) in [5, 5.41) is 3.47. The van der Waals surface area contributed by atoms with Crippen LogP contribution in [0.3, 0.4) is 0 Å². The van der Waals surface area contributed by atoms with E-state index in [1.54, 1.807) is 5.56 Å². The second kappa shape index (κ2) is 4.30. The summed E-state index contributed by atoms with van der Waals surface area (Å²) in [6, 6.07) is 10.3. The van der Waals surface area contributed by atoms with Gasteiger partial charge in [-0.15, -0.1) is 0 Å². The molecule has 1 saturated carbocycles. The van der Waals surface area contributed by atoms with Crippen LogP contribution < -0.4 is 0 Å². The van der Waals surface area contributed by atoms with Gasteiger partial charge < -0.3 is 0 Å². The lowest BCUT2D eigenvalue weighted by molar-refractivity contribution is 0.436. The van der Waals surface area contributed by atoms with E-state index in [9.17, 15) is 0 Å². The molecule has 22 heavy (non-hydrogen) atoms. The van der Waals surface area contributed by atoms with Gasteiger partial charge in [0.1, 0.15) is 0 Å². The molecule has 2 aromatic carbocycles. The third kappa shape index (κ3) is 1.46. The predicted octanol–water partition coefficient (Wildman–Crippen LogP) is 5.69. The largest absolute Gasteiger partial charge is 0.255 e. The summed E-state index contributed by atoms with van der Waals surface area (Å²) in [6.45, 7) is 7.36. The summed E-state index contributed by atoms with van der Waals surface area (Å²) >= 11 is 0. The summed E-state index contributed by atoms with van der Waals surface area (Å²) < 4.78 is 0. The highest BCUT2D eigenvalue weighted by atomic mass is 14.7. The Labute approximate surface area is 129 Å². The van der Waals surface area contributed by atoms with Crippen LogP contribution in [0.15, 0.2) is 36.5 Å². The average Bonchev–Trinajstić information content (AvgIpc) is 2.84.